The molecule has 0 saturated heterocycles. The molecule has 3 aromatic rings. The molecule has 0 radical (unpaired) electrons. The highest BCUT2D eigenvalue weighted by atomic mass is 16.5. The molecule has 7 nitrogen and oxygen atoms in total. The first-order valence-corrected chi connectivity index (χ1v) is 8.42. The van der Waals surface area contributed by atoms with E-state index in [-0.39, 0.29) is 24.7 Å². The Morgan fingerprint density at radius 1 is 1.27 bits per heavy atom. The fourth-order valence-electron chi connectivity index (χ4n) is 2.61. The quantitative estimate of drug-likeness (QED) is 0.705. The number of nitrogens with one attached hydrogen (secondary N) is 1. The zero-order valence-corrected chi connectivity index (χ0v) is 15.0. The number of amides is 1. The van der Waals surface area contributed by atoms with Gasteiger partial charge in [-0.1, -0.05) is 6.07 Å². The molecule has 1 N–H and O–H groups in total. The van der Waals surface area contributed by atoms with Gasteiger partial charge in [-0.3, -0.25) is 4.79 Å². The Bertz CT molecular complexity index is 879. The Hall–Kier alpha value is -2.93. The summed E-state index contributed by atoms with van der Waals surface area (Å²) in [6.45, 7) is 3.85. The van der Waals surface area contributed by atoms with Crippen LogP contribution in [0.1, 0.15) is 13.8 Å². The molecule has 0 aliphatic rings. The first kappa shape index (κ1) is 17.9. The highest BCUT2D eigenvalue weighted by Crippen LogP contribution is 2.23. The number of ether oxygens (including phenoxy) is 2. The Morgan fingerprint density at radius 3 is 2.85 bits per heavy atom. The number of nitrogens with zero attached hydrogens (tertiary/aromatic N) is 3. The van der Waals surface area contributed by atoms with E-state index in [0.717, 1.165) is 22.5 Å². The van der Waals surface area contributed by atoms with Crippen molar-refractivity contribution < 1.29 is 14.3 Å². The van der Waals surface area contributed by atoms with E-state index < -0.39 is 0 Å². The minimum absolute atomic E-state index is 0.0374. The number of carbonyl (C=O) groups excluding carboxylic acids is 1. The minimum atomic E-state index is -0.195. The summed E-state index contributed by atoms with van der Waals surface area (Å²) in [6.07, 6.45) is 3.33. The van der Waals surface area contributed by atoms with Gasteiger partial charge in [0.25, 0.3) is 0 Å². The number of carbonyl (C=O) groups is 1. The monoisotopic (exact) mass is 354 g/mol. The van der Waals surface area contributed by atoms with Crippen molar-refractivity contribution in [2.45, 2.75) is 26.0 Å². The van der Waals surface area contributed by atoms with Crippen molar-refractivity contribution in [2.75, 3.05) is 13.7 Å². The third-order valence-corrected chi connectivity index (χ3v) is 4.10. The van der Waals surface area contributed by atoms with E-state index in [0.29, 0.717) is 0 Å². The minimum Gasteiger partial charge on any atom is -0.489 e. The maximum atomic E-state index is 11.6. The molecular weight excluding hydrogens is 332 g/mol. The molecule has 0 aliphatic heterocycles. The summed E-state index contributed by atoms with van der Waals surface area (Å²) in [7, 11) is 1.49. The predicted molar refractivity (Wildman–Crippen MR) is 98.4 cm³/mol. The summed E-state index contributed by atoms with van der Waals surface area (Å²) < 4.78 is 12.6. The van der Waals surface area contributed by atoms with Crippen LogP contribution in [0.4, 0.5) is 0 Å². The van der Waals surface area contributed by atoms with Crippen molar-refractivity contribution in [1.29, 1.82) is 0 Å². The van der Waals surface area contributed by atoms with E-state index in [1.54, 1.807) is 17.1 Å². The Kier molecular flexibility index (Phi) is 5.48. The molecular formula is C19H22N4O3. The summed E-state index contributed by atoms with van der Waals surface area (Å²) in [4.78, 5) is 15.9. The normalized spacial score (nSPS) is 13.3. The van der Waals surface area contributed by atoms with Gasteiger partial charge in [-0.2, -0.15) is 5.10 Å². The SMILES string of the molecule is COCC(=O)N[C@@H](C)[C@@H](C)Oc1ccc2c(cnn2-c2ccccn2)c1. The molecule has 136 valence electrons. The molecule has 7 heteroatoms. The molecule has 1 amide bonds. The topological polar surface area (TPSA) is 78.3 Å². The molecule has 0 saturated carbocycles. The van der Waals surface area contributed by atoms with Crippen molar-refractivity contribution in [3.63, 3.8) is 0 Å². The smallest absolute Gasteiger partial charge is 0.246 e. The first-order chi connectivity index (χ1) is 12.6. The zero-order valence-electron chi connectivity index (χ0n) is 15.0. The molecule has 0 aliphatic carbocycles. The molecule has 2 aromatic heterocycles. The number of pyridine rings is 1. The van der Waals surface area contributed by atoms with Gasteiger partial charge in [0.15, 0.2) is 5.82 Å². The van der Waals surface area contributed by atoms with Crippen molar-refractivity contribution in [3.05, 3.63) is 48.8 Å². The lowest BCUT2D eigenvalue weighted by Gasteiger charge is -2.22. The van der Waals surface area contributed by atoms with Crippen molar-refractivity contribution in [2.24, 2.45) is 0 Å². The van der Waals surface area contributed by atoms with Crippen LogP contribution in [0, 0.1) is 0 Å². The summed E-state index contributed by atoms with van der Waals surface area (Å²) in [6, 6.07) is 11.3. The van der Waals surface area contributed by atoms with Crippen LogP contribution >= 0.6 is 0 Å². The molecule has 26 heavy (non-hydrogen) atoms. The predicted octanol–water partition coefficient (Wildman–Crippen LogP) is 2.34. The lowest BCUT2D eigenvalue weighted by molar-refractivity contribution is -0.125. The lowest BCUT2D eigenvalue weighted by atomic mass is 10.2. The van der Waals surface area contributed by atoms with Crippen LogP contribution in [0.15, 0.2) is 48.8 Å². The van der Waals surface area contributed by atoms with E-state index in [1.807, 2.05) is 50.2 Å². The highest BCUT2D eigenvalue weighted by molar-refractivity contribution is 5.81. The van der Waals surface area contributed by atoms with Gasteiger partial charge in [0.05, 0.1) is 17.8 Å². The standard InChI is InChI=1S/C19H22N4O3/c1-13(22-19(24)12-25-3)14(2)26-16-7-8-17-15(10-16)11-21-23(17)18-6-4-5-9-20-18/h4-11,13-14H,12H2,1-3H3,(H,22,24)/t13-,14+/m0/s1. The van der Waals surface area contributed by atoms with Crippen LogP contribution in [0.2, 0.25) is 0 Å². The number of benzene rings is 1. The van der Waals surface area contributed by atoms with Crippen LogP contribution in [0.3, 0.4) is 0 Å². The molecule has 2 heterocycles. The second kappa shape index (κ2) is 7.97. The summed E-state index contributed by atoms with van der Waals surface area (Å²) in [5.41, 5.74) is 0.949. The van der Waals surface area contributed by atoms with Crippen LogP contribution < -0.4 is 10.1 Å². The number of aromatic nitrogens is 3. The number of rotatable bonds is 7. The third kappa shape index (κ3) is 4.00. The van der Waals surface area contributed by atoms with Crippen LogP contribution in [0.25, 0.3) is 16.7 Å². The number of methoxy groups -OCH3 is 1. The van der Waals surface area contributed by atoms with E-state index in [1.165, 1.54) is 7.11 Å². The van der Waals surface area contributed by atoms with E-state index in [4.69, 9.17) is 9.47 Å². The summed E-state index contributed by atoms with van der Waals surface area (Å²) >= 11 is 0. The van der Waals surface area contributed by atoms with Gasteiger partial charge >= 0.3 is 0 Å². The average Bonchev–Trinajstić information content (AvgIpc) is 3.05. The Labute approximate surface area is 151 Å². The van der Waals surface area contributed by atoms with Crippen molar-refractivity contribution in [3.8, 4) is 11.6 Å². The number of hydrogen-bond donors (Lipinski definition) is 1. The van der Waals surface area contributed by atoms with Crippen LogP contribution in [-0.4, -0.2) is 46.5 Å². The molecule has 1 aromatic carbocycles. The van der Waals surface area contributed by atoms with Crippen LogP contribution in [-0.2, 0) is 9.53 Å². The van der Waals surface area contributed by atoms with E-state index in [9.17, 15) is 4.79 Å². The zero-order chi connectivity index (χ0) is 18.5. The van der Waals surface area contributed by atoms with Gasteiger partial charge in [0.2, 0.25) is 5.91 Å². The molecule has 0 spiro atoms. The fourth-order valence-corrected chi connectivity index (χ4v) is 2.61. The molecule has 3 rings (SSSR count). The van der Waals surface area contributed by atoms with Gasteiger partial charge in [-0.15, -0.1) is 0 Å². The van der Waals surface area contributed by atoms with Crippen LogP contribution in [0.5, 0.6) is 5.75 Å². The first-order valence-electron chi connectivity index (χ1n) is 8.42. The average molecular weight is 354 g/mol. The second-order valence-corrected chi connectivity index (χ2v) is 6.08. The molecule has 0 unspecified atom stereocenters. The second-order valence-electron chi connectivity index (χ2n) is 6.08. The van der Waals surface area contributed by atoms with Gasteiger partial charge < -0.3 is 14.8 Å². The Morgan fingerprint density at radius 2 is 2.12 bits per heavy atom. The molecule has 0 bridgehead atoms. The molecule has 2 atom stereocenters. The lowest BCUT2D eigenvalue weighted by Crippen LogP contribution is -2.43. The van der Waals surface area contributed by atoms with Gasteiger partial charge in [-0.25, -0.2) is 9.67 Å². The number of hydrogen-bond acceptors (Lipinski definition) is 5. The maximum absolute atomic E-state index is 11.6. The van der Waals surface area contributed by atoms with E-state index in [2.05, 4.69) is 15.4 Å². The van der Waals surface area contributed by atoms with Gasteiger partial charge in [0.1, 0.15) is 18.5 Å². The van der Waals surface area contributed by atoms with E-state index >= 15 is 0 Å². The highest BCUT2D eigenvalue weighted by Gasteiger charge is 2.17. The third-order valence-electron chi connectivity index (χ3n) is 4.10. The van der Waals surface area contributed by atoms with Gasteiger partial charge in [0, 0.05) is 18.7 Å². The fraction of sp³-hybridized carbons (Fsp3) is 0.316. The largest absolute Gasteiger partial charge is 0.489 e. The Balaban J connectivity index is 1.73. The summed E-state index contributed by atoms with van der Waals surface area (Å²) in [5, 5.41) is 8.21. The van der Waals surface area contributed by atoms with Crippen molar-refractivity contribution in [1.82, 2.24) is 20.1 Å². The van der Waals surface area contributed by atoms with Crippen molar-refractivity contribution >= 4 is 16.8 Å². The summed E-state index contributed by atoms with van der Waals surface area (Å²) in [5.74, 6) is 1.32. The maximum Gasteiger partial charge on any atom is 0.246 e. The van der Waals surface area contributed by atoms with Gasteiger partial charge in [-0.05, 0) is 44.2 Å². The number of fused-ring (bicyclic) bond motifs is 1. The molecule has 0 fully saturated rings.